The number of aryl methyl sites for hydroxylation is 1. The van der Waals surface area contributed by atoms with Gasteiger partial charge in [-0.2, -0.15) is 0 Å². The van der Waals surface area contributed by atoms with E-state index in [1.165, 1.54) is 5.56 Å². The van der Waals surface area contributed by atoms with Crippen molar-refractivity contribution in [2.75, 3.05) is 0 Å². The molecule has 1 N–H and O–H groups in total. The fraction of sp³-hybridized carbons (Fsp3) is 0.200. The van der Waals surface area contributed by atoms with Gasteiger partial charge >= 0.3 is 0 Å². The van der Waals surface area contributed by atoms with E-state index in [4.69, 9.17) is 4.74 Å². The van der Waals surface area contributed by atoms with Crippen molar-refractivity contribution in [3.63, 3.8) is 0 Å². The molecule has 0 amide bonds. The summed E-state index contributed by atoms with van der Waals surface area (Å²) in [6, 6.07) is 12.2. The zero-order valence-electron chi connectivity index (χ0n) is 14.9. The average molecular weight is 443 g/mol. The SMILES string of the molecule is Cc1nc(COc2ccc(CNCc3cn4cc(Br)ccc4n3)cc2)cs1. The lowest BCUT2D eigenvalue weighted by Gasteiger charge is -2.07. The molecule has 4 aromatic rings. The second-order valence-corrected chi connectivity index (χ2v) is 8.22. The van der Waals surface area contributed by atoms with Crippen LogP contribution < -0.4 is 10.1 Å². The molecule has 0 unspecified atom stereocenters. The standard InChI is InChI=1S/C20H19BrN4OS/c1-14-23-18(13-27-14)12-26-19-5-2-15(3-6-19)8-22-9-17-11-25-10-16(21)4-7-20(25)24-17/h2-7,10-11,13,22H,8-9,12H2,1H3. The van der Waals surface area contributed by atoms with Crippen LogP contribution in [0.2, 0.25) is 0 Å². The number of rotatable bonds is 7. The van der Waals surface area contributed by atoms with Gasteiger partial charge in [-0.1, -0.05) is 12.1 Å². The van der Waals surface area contributed by atoms with E-state index < -0.39 is 0 Å². The number of benzene rings is 1. The Balaban J connectivity index is 1.27. The molecule has 4 rings (SSSR count). The van der Waals surface area contributed by atoms with E-state index in [1.54, 1.807) is 11.3 Å². The lowest BCUT2D eigenvalue weighted by molar-refractivity contribution is 0.302. The van der Waals surface area contributed by atoms with Crippen molar-refractivity contribution in [2.45, 2.75) is 26.6 Å². The van der Waals surface area contributed by atoms with Crippen molar-refractivity contribution in [2.24, 2.45) is 0 Å². The number of halogens is 1. The fourth-order valence-electron chi connectivity index (χ4n) is 2.77. The van der Waals surface area contributed by atoms with Crippen LogP contribution in [0.1, 0.15) is 22.0 Å². The van der Waals surface area contributed by atoms with Crippen LogP contribution in [-0.2, 0) is 19.7 Å². The summed E-state index contributed by atoms with van der Waals surface area (Å²) >= 11 is 5.12. The Hall–Kier alpha value is -2.22. The van der Waals surface area contributed by atoms with Crippen LogP contribution >= 0.6 is 27.3 Å². The minimum atomic E-state index is 0.506. The Bertz CT molecular complexity index is 1040. The number of hydrogen-bond donors (Lipinski definition) is 1. The van der Waals surface area contributed by atoms with Crippen LogP contribution in [0.3, 0.4) is 0 Å². The number of nitrogens with one attached hydrogen (secondary N) is 1. The summed E-state index contributed by atoms with van der Waals surface area (Å²) in [6.07, 6.45) is 4.06. The molecule has 0 aliphatic heterocycles. The molecule has 0 radical (unpaired) electrons. The molecule has 138 valence electrons. The molecule has 3 aromatic heterocycles. The Morgan fingerprint density at radius 2 is 1.89 bits per heavy atom. The van der Waals surface area contributed by atoms with E-state index in [9.17, 15) is 0 Å². The van der Waals surface area contributed by atoms with Gasteiger partial charge in [-0.3, -0.25) is 0 Å². The van der Waals surface area contributed by atoms with Gasteiger partial charge in [0.2, 0.25) is 0 Å². The topological polar surface area (TPSA) is 51.5 Å². The molecule has 0 aliphatic rings. The van der Waals surface area contributed by atoms with Crippen molar-refractivity contribution in [1.29, 1.82) is 0 Å². The Kier molecular flexibility index (Phi) is 5.52. The number of thiazole rings is 1. The maximum absolute atomic E-state index is 5.78. The summed E-state index contributed by atoms with van der Waals surface area (Å²) < 4.78 is 8.85. The van der Waals surface area contributed by atoms with Crippen LogP contribution in [0, 0.1) is 6.92 Å². The summed E-state index contributed by atoms with van der Waals surface area (Å²) in [5.41, 5.74) is 4.15. The predicted molar refractivity (Wildman–Crippen MR) is 111 cm³/mol. The first-order valence-corrected chi connectivity index (χ1v) is 10.3. The van der Waals surface area contributed by atoms with Crippen LogP contribution in [0.5, 0.6) is 5.75 Å². The molecule has 0 spiro atoms. The highest BCUT2D eigenvalue weighted by Crippen LogP contribution is 2.16. The van der Waals surface area contributed by atoms with E-state index in [2.05, 4.69) is 43.3 Å². The van der Waals surface area contributed by atoms with Crippen molar-refractivity contribution in [3.8, 4) is 5.75 Å². The van der Waals surface area contributed by atoms with Gasteiger partial charge in [0.05, 0.1) is 16.4 Å². The number of aromatic nitrogens is 3. The maximum Gasteiger partial charge on any atom is 0.137 e. The highest BCUT2D eigenvalue weighted by molar-refractivity contribution is 9.10. The molecule has 0 atom stereocenters. The number of nitrogens with zero attached hydrogens (tertiary/aromatic N) is 3. The van der Waals surface area contributed by atoms with Gasteiger partial charge in [0, 0.05) is 35.3 Å². The normalized spacial score (nSPS) is 11.2. The minimum absolute atomic E-state index is 0.506. The van der Waals surface area contributed by atoms with E-state index in [0.29, 0.717) is 6.61 Å². The predicted octanol–water partition coefficient (Wildman–Crippen LogP) is 4.73. The van der Waals surface area contributed by atoms with Crippen LogP contribution in [0.15, 0.2) is 58.6 Å². The molecule has 0 bridgehead atoms. The first kappa shape index (κ1) is 18.2. The lowest BCUT2D eigenvalue weighted by Crippen LogP contribution is -2.12. The second-order valence-electron chi connectivity index (χ2n) is 6.24. The third-order valence-corrected chi connectivity index (χ3v) is 5.37. The van der Waals surface area contributed by atoms with Crippen LogP contribution in [-0.4, -0.2) is 14.4 Å². The van der Waals surface area contributed by atoms with E-state index in [0.717, 1.165) is 45.4 Å². The first-order chi connectivity index (χ1) is 13.2. The average Bonchev–Trinajstić information content (AvgIpc) is 3.26. The van der Waals surface area contributed by atoms with Crippen LogP contribution in [0.25, 0.3) is 5.65 Å². The highest BCUT2D eigenvalue weighted by Gasteiger charge is 2.03. The van der Waals surface area contributed by atoms with Crippen molar-refractivity contribution < 1.29 is 4.74 Å². The van der Waals surface area contributed by atoms with Gasteiger partial charge in [0.15, 0.2) is 0 Å². The van der Waals surface area contributed by atoms with Crippen molar-refractivity contribution in [3.05, 3.63) is 80.6 Å². The number of pyridine rings is 1. The number of fused-ring (bicyclic) bond motifs is 1. The zero-order chi connectivity index (χ0) is 18.6. The molecule has 0 saturated heterocycles. The summed E-state index contributed by atoms with van der Waals surface area (Å²) in [6.45, 7) is 4.01. The maximum atomic E-state index is 5.78. The molecule has 5 nitrogen and oxygen atoms in total. The highest BCUT2D eigenvalue weighted by atomic mass is 79.9. The van der Waals surface area contributed by atoms with E-state index in [-0.39, 0.29) is 0 Å². The summed E-state index contributed by atoms with van der Waals surface area (Å²) in [5.74, 6) is 0.857. The fourth-order valence-corrected chi connectivity index (χ4v) is 3.72. The number of hydrogen-bond acceptors (Lipinski definition) is 5. The monoisotopic (exact) mass is 442 g/mol. The molecule has 1 aromatic carbocycles. The van der Waals surface area contributed by atoms with Gasteiger partial charge in [0.25, 0.3) is 0 Å². The number of ether oxygens (including phenoxy) is 1. The van der Waals surface area contributed by atoms with Gasteiger partial charge in [-0.25, -0.2) is 9.97 Å². The Labute approximate surface area is 170 Å². The smallest absolute Gasteiger partial charge is 0.137 e. The number of imidazole rings is 1. The molecule has 3 heterocycles. The molecule has 0 aliphatic carbocycles. The Morgan fingerprint density at radius 1 is 1.04 bits per heavy atom. The van der Waals surface area contributed by atoms with Crippen LogP contribution in [0.4, 0.5) is 0 Å². The van der Waals surface area contributed by atoms with Crippen molar-refractivity contribution >= 4 is 32.9 Å². The van der Waals surface area contributed by atoms with E-state index >= 15 is 0 Å². The molecule has 0 fully saturated rings. The second kappa shape index (κ2) is 8.21. The molecule has 7 heteroatoms. The molecular weight excluding hydrogens is 424 g/mol. The van der Waals surface area contributed by atoms with E-state index in [1.807, 2.05) is 53.4 Å². The summed E-state index contributed by atoms with van der Waals surface area (Å²) in [7, 11) is 0. The quantitative estimate of drug-likeness (QED) is 0.449. The minimum Gasteiger partial charge on any atom is -0.487 e. The van der Waals surface area contributed by atoms with Gasteiger partial charge in [-0.15, -0.1) is 11.3 Å². The first-order valence-electron chi connectivity index (χ1n) is 8.62. The third kappa shape index (κ3) is 4.74. The lowest BCUT2D eigenvalue weighted by atomic mass is 10.2. The largest absolute Gasteiger partial charge is 0.487 e. The van der Waals surface area contributed by atoms with Gasteiger partial charge < -0.3 is 14.5 Å². The summed E-state index contributed by atoms with van der Waals surface area (Å²) in [5, 5.41) is 6.53. The molecule has 0 saturated carbocycles. The van der Waals surface area contributed by atoms with Gasteiger partial charge in [0.1, 0.15) is 18.0 Å². The van der Waals surface area contributed by atoms with Gasteiger partial charge in [-0.05, 0) is 52.7 Å². The molecular formula is C20H19BrN4OS. The Morgan fingerprint density at radius 3 is 2.67 bits per heavy atom. The molecule has 27 heavy (non-hydrogen) atoms. The zero-order valence-corrected chi connectivity index (χ0v) is 17.3. The van der Waals surface area contributed by atoms with Crippen molar-refractivity contribution in [1.82, 2.24) is 19.7 Å². The third-order valence-electron chi connectivity index (χ3n) is 4.08. The summed E-state index contributed by atoms with van der Waals surface area (Å²) in [4.78, 5) is 9.01.